The van der Waals surface area contributed by atoms with Gasteiger partial charge in [-0.3, -0.25) is 20.5 Å². The number of guanidine groups is 1. The van der Waals surface area contributed by atoms with Crippen molar-refractivity contribution in [1.82, 2.24) is 15.1 Å². The third-order valence-electron chi connectivity index (χ3n) is 7.44. The molecule has 0 spiro atoms. The minimum atomic E-state index is -0.261. The highest BCUT2D eigenvalue weighted by Crippen LogP contribution is 2.42. The molecule has 0 radical (unpaired) electrons. The Labute approximate surface area is 212 Å². The van der Waals surface area contributed by atoms with Crippen LogP contribution in [-0.4, -0.2) is 80.4 Å². The summed E-state index contributed by atoms with van der Waals surface area (Å²) in [5.41, 5.74) is 4.71. The van der Waals surface area contributed by atoms with Crippen molar-refractivity contribution >= 4 is 17.6 Å². The zero-order valence-corrected chi connectivity index (χ0v) is 21.3. The number of hydrogen-bond acceptors (Lipinski definition) is 6. The molecule has 2 aromatic rings. The second-order valence-electron chi connectivity index (χ2n) is 9.80. The minimum Gasteiger partial charge on any atom is -0.493 e. The Balaban J connectivity index is 1.45. The summed E-state index contributed by atoms with van der Waals surface area (Å²) in [5.74, 6) is 1.68. The maximum atomic E-state index is 12.8. The number of nitrogens with one attached hydrogen (secondary N) is 2. The van der Waals surface area contributed by atoms with Crippen LogP contribution in [0.2, 0.25) is 0 Å². The summed E-state index contributed by atoms with van der Waals surface area (Å²) in [6.45, 7) is 6.17. The Morgan fingerprint density at radius 2 is 1.89 bits per heavy atom. The van der Waals surface area contributed by atoms with Crippen LogP contribution >= 0.6 is 0 Å². The molecule has 1 amide bonds. The Morgan fingerprint density at radius 3 is 2.58 bits per heavy atom. The maximum Gasteiger partial charge on any atom is 0.257 e. The number of rotatable bonds is 5. The van der Waals surface area contributed by atoms with E-state index in [2.05, 4.69) is 23.3 Å². The highest BCUT2D eigenvalue weighted by molar-refractivity contribution is 6.15. The lowest BCUT2D eigenvalue weighted by Gasteiger charge is -2.39. The summed E-state index contributed by atoms with van der Waals surface area (Å²) < 4.78 is 11.6. The summed E-state index contributed by atoms with van der Waals surface area (Å²) in [6, 6.07) is 11.9. The van der Waals surface area contributed by atoms with Gasteiger partial charge in [0.25, 0.3) is 5.91 Å². The smallest absolute Gasteiger partial charge is 0.257 e. The first-order chi connectivity index (χ1) is 17.5. The second-order valence-corrected chi connectivity index (χ2v) is 9.80. The zero-order chi connectivity index (χ0) is 25.2. The number of nitrogens with zero attached hydrogens (tertiary/aromatic N) is 3. The first kappa shape index (κ1) is 24.3. The molecule has 0 saturated carbocycles. The van der Waals surface area contributed by atoms with E-state index in [9.17, 15) is 4.79 Å². The topological polar surface area (TPSA) is 90.2 Å². The number of piperidine rings is 1. The molecule has 2 fully saturated rings. The number of ether oxygens (including phenoxy) is 2. The van der Waals surface area contributed by atoms with Gasteiger partial charge in [0.2, 0.25) is 0 Å². The molecule has 2 atom stereocenters. The first-order valence-electron chi connectivity index (χ1n) is 12.8. The van der Waals surface area contributed by atoms with Crippen LogP contribution in [0.1, 0.15) is 59.2 Å². The number of likely N-dealkylation sites (tertiary alicyclic amines) is 2. The number of aliphatic imine (C=N–C) groups is 1. The van der Waals surface area contributed by atoms with Crippen molar-refractivity contribution in [3.05, 3.63) is 58.7 Å². The van der Waals surface area contributed by atoms with E-state index in [-0.39, 0.29) is 17.9 Å². The van der Waals surface area contributed by atoms with Crippen molar-refractivity contribution in [3.8, 4) is 11.5 Å². The van der Waals surface area contributed by atoms with Gasteiger partial charge < -0.3 is 19.3 Å². The van der Waals surface area contributed by atoms with Gasteiger partial charge in [0.05, 0.1) is 25.5 Å². The van der Waals surface area contributed by atoms with Crippen LogP contribution in [0.25, 0.3) is 0 Å². The normalized spacial score (nSPS) is 21.3. The number of benzene rings is 2. The van der Waals surface area contributed by atoms with Crippen LogP contribution in [0.4, 0.5) is 0 Å². The minimum absolute atomic E-state index is 0.178. The fourth-order valence-electron chi connectivity index (χ4n) is 5.52. The van der Waals surface area contributed by atoms with Crippen LogP contribution in [0.15, 0.2) is 41.4 Å². The molecule has 36 heavy (non-hydrogen) atoms. The van der Waals surface area contributed by atoms with Crippen molar-refractivity contribution in [2.75, 3.05) is 46.9 Å². The maximum absolute atomic E-state index is 12.8. The average Bonchev–Trinajstić information content (AvgIpc) is 3.44. The van der Waals surface area contributed by atoms with Gasteiger partial charge in [-0.25, -0.2) is 0 Å². The third-order valence-corrected chi connectivity index (χ3v) is 7.44. The second kappa shape index (κ2) is 10.3. The molecule has 0 aromatic heterocycles. The van der Waals surface area contributed by atoms with Gasteiger partial charge in [0.15, 0.2) is 17.5 Å². The number of fused-ring (bicyclic) bond motifs is 3. The lowest BCUT2D eigenvalue weighted by Crippen LogP contribution is -2.42. The number of methoxy groups -OCH3 is 1. The van der Waals surface area contributed by atoms with Gasteiger partial charge in [-0.2, -0.15) is 0 Å². The molecule has 0 aliphatic carbocycles. The molecule has 0 unspecified atom stereocenters. The predicted molar refractivity (Wildman–Crippen MR) is 141 cm³/mol. The average molecular weight is 490 g/mol. The molecule has 3 aliphatic heterocycles. The molecule has 2 aromatic carbocycles. The highest BCUT2D eigenvalue weighted by Gasteiger charge is 2.36. The lowest BCUT2D eigenvalue weighted by atomic mass is 9.79. The summed E-state index contributed by atoms with van der Waals surface area (Å²) in [4.78, 5) is 22.3. The number of carbonyl (C=O) groups excluding carboxylic acids is 1. The van der Waals surface area contributed by atoms with E-state index in [1.807, 2.05) is 42.2 Å². The van der Waals surface area contributed by atoms with Crippen molar-refractivity contribution < 1.29 is 14.3 Å². The number of hydrogen-bond donors (Lipinski definition) is 2. The van der Waals surface area contributed by atoms with Gasteiger partial charge in [-0.1, -0.05) is 12.1 Å². The summed E-state index contributed by atoms with van der Waals surface area (Å²) in [5, 5.41) is 10.9. The molecule has 3 aliphatic rings. The fraction of sp³-hybridized carbons (Fsp3) is 0.464. The Morgan fingerprint density at radius 1 is 1.14 bits per heavy atom. The molecule has 8 nitrogen and oxygen atoms in total. The fourth-order valence-corrected chi connectivity index (χ4v) is 5.52. The molecule has 8 heteroatoms. The molecule has 2 N–H and O–H groups in total. The molecule has 190 valence electrons. The van der Waals surface area contributed by atoms with E-state index < -0.39 is 0 Å². The number of carbonyl (C=O) groups is 1. The van der Waals surface area contributed by atoms with Crippen LogP contribution in [0, 0.1) is 5.41 Å². The standard InChI is InChI=1S/C28H35N5O3/c1-4-36-25-15-20-21(16-24(25)35-3)26(30-23-11-14-32(2)17-22(20)23)18-7-9-19(10-8-18)27(34)31-28(29)33-12-5-6-13-33/h7-10,15-16,22-23H,4-6,11-14,17H2,1-3H3,(H2,29,31,34)/t22-,23-/m1/s1. The SMILES string of the molecule is CCOc1cc2c(cc1OC)C(c1ccc(C(=O)NC(=N)N3CCCC3)cc1)=N[C@@H]1CCN(C)C[C@H]21. The van der Waals surface area contributed by atoms with E-state index in [1.165, 1.54) is 5.56 Å². The highest BCUT2D eigenvalue weighted by atomic mass is 16.5. The van der Waals surface area contributed by atoms with Gasteiger partial charge >= 0.3 is 0 Å². The predicted octanol–water partition coefficient (Wildman–Crippen LogP) is 3.49. The Kier molecular flexibility index (Phi) is 6.96. The zero-order valence-electron chi connectivity index (χ0n) is 21.3. The van der Waals surface area contributed by atoms with Crippen LogP contribution in [0.5, 0.6) is 11.5 Å². The van der Waals surface area contributed by atoms with Gasteiger partial charge in [0, 0.05) is 42.2 Å². The number of likely N-dealkylation sites (N-methyl/N-ethyl adjacent to an activating group) is 1. The molecule has 0 bridgehead atoms. The number of amides is 1. The molecular formula is C28H35N5O3. The van der Waals surface area contributed by atoms with E-state index in [0.717, 1.165) is 68.0 Å². The quantitative estimate of drug-likeness (QED) is 0.496. The van der Waals surface area contributed by atoms with Crippen molar-refractivity contribution in [2.45, 2.75) is 38.1 Å². The monoisotopic (exact) mass is 489 g/mol. The van der Waals surface area contributed by atoms with E-state index in [0.29, 0.717) is 23.8 Å². The Hall–Kier alpha value is -3.39. The lowest BCUT2D eigenvalue weighted by molar-refractivity contribution is 0.0972. The van der Waals surface area contributed by atoms with E-state index in [4.69, 9.17) is 19.9 Å². The van der Waals surface area contributed by atoms with E-state index in [1.54, 1.807) is 7.11 Å². The third kappa shape index (κ3) is 4.69. The van der Waals surface area contributed by atoms with Crippen LogP contribution in [0.3, 0.4) is 0 Å². The van der Waals surface area contributed by atoms with Crippen molar-refractivity contribution in [3.63, 3.8) is 0 Å². The largest absolute Gasteiger partial charge is 0.493 e. The van der Waals surface area contributed by atoms with Crippen LogP contribution < -0.4 is 14.8 Å². The van der Waals surface area contributed by atoms with Crippen molar-refractivity contribution in [2.24, 2.45) is 4.99 Å². The first-order valence-corrected chi connectivity index (χ1v) is 12.8. The van der Waals surface area contributed by atoms with Gasteiger partial charge in [-0.15, -0.1) is 0 Å². The summed E-state index contributed by atoms with van der Waals surface area (Å²) in [6.07, 6.45) is 3.12. The molecule has 2 saturated heterocycles. The van der Waals surface area contributed by atoms with Gasteiger partial charge in [0.1, 0.15) is 0 Å². The molecule has 5 rings (SSSR count). The van der Waals surface area contributed by atoms with Gasteiger partial charge in [-0.05, 0) is 69.6 Å². The summed E-state index contributed by atoms with van der Waals surface area (Å²) >= 11 is 0. The summed E-state index contributed by atoms with van der Waals surface area (Å²) in [7, 11) is 3.82. The van der Waals surface area contributed by atoms with Crippen LogP contribution in [-0.2, 0) is 0 Å². The van der Waals surface area contributed by atoms with E-state index >= 15 is 0 Å². The Bertz CT molecular complexity index is 1170. The molecular weight excluding hydrogens is 454 g/mol. The van der Waals surface area contributed by atoms with Crippen molar-refractivity contribution in [1.29, 1.82) is 5.41 Å². The molecule has 3 heterocycles.